The van der Waals surface area contributed by atoms with Crippen LogP contribution in [-0.4, -0.2) is 14.3 Å². The summed E-state index contributed by atoms with van der Waals surface area (Å²) in [5, 5.41) is 4.12. The van der Waals surface area contributed by atoms with Crippen molar-refractivity contribution in [2.24, 2.45) is 13.0 Å². The molecule has 0 saturated heterocycles. The van der Waals surface area contributed by atoms with Crippen molar-refractivity contribution in [3.05, 3.63) is 35.0 Å². The lowest BCUT2D eigenvalue weighted by Gasteiger charge is -2.11. The van der Waals surface area contributed by atoms with Gasteiger partial charge in [-0.3, -0.25) is 9.48 Å². The monoisotopic (exact) mass is 246 g/mol. The van der Waals surface area contributed by atoms with Gasteiger partial charge in [-0.25, -0.2) is 0 Å². The predicted octanol–water partition coefficient (Wildman–Crippen LogP) is 1.49. The topological polar surface area (TPSA) is 65.8 Å². The number of nitrogens with zero attached hydrogens (tertiary/aromatic N) is 3. The van der Waals surface area contributed by atoms with Crippen LogP contribution in [0, 0.1) is 5.92 Å². The molecule has 0 radical (unpaired) electrons. The molecule has 2 rings (SSSR count). The predicted molar refractivity (Wildman–Crippen MR) is 72.2 cm³/mol. The largest absolute Gasteiger partial charge is 0.394 e. The first-order valence-corrected chi connectivity index (χ1v) is 5.96. The first-order chi connectivity index (χ1) is 8.47. The summed E-state index contributed by atoms with van der Waals surface area (Å²) in [6, 6.07) is 1.70. The number of hydrogen-bond acceptors (Lipinski definition) is 3. The van der Waals surface area contributed by atoms with Crippen LogP contribution < -0.4 is 11.3 Å². The second-order valence-electron chi connectivity index (χ2n) is 4.94. The van der Waals surface area contributed by atoms with E-state index in [9.17, 15) is 4.79 Å². The lowest BCUT2D eigenvalue weighted by molar-refractivity contribution is 0.512. The van der Waals surface area contributed by atoms with Crippen LogP contribution in [0.25, 0.3) is 11.1 Å². The fourth-order valence-corrected chi connectivity index (χ4v) is 1.92. The third-order valence-corrected chi connectivity index (χ3v) is 2.71. The van der Waals surface area contributed by atoms with E-state index in [4.69, 9.17) is 5.73 Å². The Bertz CT molecular complexity index is 610. The van der Waals surface area contributed by atoms with Gasteiger partial charge < -0.3 is 10.3 Å². The lowest BCUT2D eigenvalue weighted by atomic mass is 10.1. The molecule has 0 amide bonds. The minimum absolute atomic E-state index is 0.128. The van der Waals surface area contributed by atoms with Crippen molar-refractivity contribution in [2.45, 2.75) is 20.4 Å². The average Bonchev–Trinajstić information content (AvgIpc) is 2.70. The van der Waals surface area contributed by atoms with Gasteiger partial charge in [0.15, 0.2) is 0 Å². The summed E-state index contributed by atoms with van der Waals surface area (Å²) in [5.41, 5.74) is 7.80. The van der Waals surface area contributed by atoms with Crippen LogP contribution in [0.15, 0.2) is 29.5 Å². The number of aryl methyl sites for hydroxylation is 1. The third-order valence-electron chi connectivity index (χ3n) is 2.71. The second kappa shape index (κ2) is 4.68. The number of nitrogen functional groups attached to an aromatic ring is 1. The van der Waals surface area contributed by atoms with Gasteiger partial charge >= 0.3 is 0 Å². The van der Waals surface area contributed by atoms with Crippen LogP contribution in [0.2, 0.25) is 0 Å². The Morgan fingerprint density at radius 2 is 2.06 bits per heavy atom. The average molecular weight is 246 g/mol. The summed E-state index contributed by atoms with van der Waals surface area (Å²) in [6.45, 7) is 4.80. The van der Waals surface area contributed by atoms with E-state index in [2.05, 4.69) is 18.9 Å². The Balaban J connectivity index is 2.50. The molecule has 0 fully saturated rings. The van der Waals surface area contributed by atoms with Gasteiger partial charge in [0.25, 0.3) is 5.56 Å². The van der Waals surface area contributed by atoms with Crippen molar-refractivity contribution in [3.8, 4) is 11.1 Å². The summed E-state index contributed by atoms with van der Waals surface area (Å²) < 4.78 is 3.39. The highest BCUT2D eigenvalue weighted by molar-refractivity contribution is 5.64. The Kier molecular flexibility index (Phi) is 3.23. The van der Waals surface area contributed by atoms with E-state index in [1.807, 2.05) is 19.4 Å². The fraction of sp³-hybridized carbons (Fsp3) is 0.385. The zero-order valence-electron chi connectivity index (χ0n) is 10.9. The minimum Gasteiger partial charge on any atom is -0.394 e. The Morgan fingerprint density at radius 1 is 1.33 bits per heavy atom. The molecule has 5 heteroatoms. The fourth-order valence-electron chi connectivity index (χ4n) is 1.92. The molecule has 0 aliphatic rings. The van der Waals surface area contributed by atoms with E-state index in [1.165, 1.54) is 0 Å². The van der Waals surface area contributed by atoms with Crippen molar-refractivity contribution in [1.82, 2.24) is 14.3 Å². The molecule has 18 heavy (non-hydrogen) atoms. The molecule has 0 saturated carbocycles. The van der Waals surface area contributed by atoms with E-state index in [0.717, 1.165) is 11.1 Å². The Morgan fingerprint density at radius 3 is 2.61 bits per heavy atom. The number of pyridine rings is 1. The molecule has 0 aliphatic carbocycles. The smallest absolute Gasteiger partial charge is 0.273 e. The van der Waals surface area contributed by atoms with E-state index in [1.54, 1.807) is 21.5 Å². The lowest BCUT2D eigenvalue weighted by Crippen LogP contribution is -2.24. The molecule has 5 nitrogen and oxygen atoms in total. The van der Waals surface area contributed by atoms with E-state index < -0.39 is 0 Å². The van der Waals surface area contributed by atoms with Crippen LogP contribution in [-0.2, 0) is 13.6 Å². The van der Waals surface area contributed by atoms with E-state index in [0.29, 0.717) is 12.5 Å². The quantitative estimate of drug-likeness (QED) is 0.892. The maximum atomic E-state index is 11.9. The molecule has 0 unspecified atom stereocenters. The van der Waals surface area contributed by atoms with Crippen molar-refractivity contribution in [2.75, 3.05) is 5.73 Å². The van der Waals surface area contributed by atoms with Crippen molar-refractivity contribution < 1.29 is 0 Å². The first-order valence-electron chi connectivity index (χ1n) is 5.96. The van der Waals surface area contributed by atoms with Gasteiger partial charge in [0.2, 0.25) is 0 Å². The summed E-state index contributed by atoms with van der Waals surface area (Å²) in [5.74, 6) is 0.395. The van der Waals surface area contributed by atoms with Gasteiger partial charge in [-0.05, 0) is 12.0 Å². The van der Waals surface area contributed by atoms with Gasteiger partial charge in [0.1, 0.15) is 0 Å². The Hall–Kier alpha value is -2.04. The maximum Gasteiger partial charge on any atom is 0.273 e. The summed E-state index contributed by atoms with van der Waals surface area (Å²) in [4.78, 5) is 11.9. The van der Waals surface area contributed by atoms with Gasteiger partial charge in [-0.1, -0.05) is 13.8 Å². The van der Waals surface area contributed by atoms with Crippen LogP contribution in [0.1, 0.15) is 13.8 Å². The van der Waals surface area contributed by atoms with Crippen LogP contribution >= 0.6 is 0 Å². The van der Waals surface area contributed by atoms with Crippen LogP contribution in [0.4, 0.5) is 5.69 Å². The summed E-state index contributed by atoms with van der Waals surface area (Å²) in [7, 11) is 1.86. The number of hydrogen-bond donors (Lipinski definition) is 1. The van der Waals surface area contributed by atoms with Crippen molar-refractivity contribution >= 4 is 5.69 Å². The van der Waals surface area contributed by atoms with E-state index >= 15 is 0 Å². The normalized spacial score (nSPS) is 11.1. The molecular weight excluding hydrogens is 228 g/mol. The van der Waals surface area contributed by atoms with Crippen LogP contribution in [0.3, 0.4) is 0 Å². The molecule has 2 heterocycles. The minimum atomic E-state index is -0.128. The molecule has 96 valence electrons. The maximum absolute atomic E-state index is 11.9. The van der Waals surface area contributed by atoms with Crippen molar-refractivity contribution in [3.63, 3.8) is 0 Å². The molecule has 0 aliphatic heterocycles. The van der Waals surface area contributed by atoms with Gasteiger partial charge in [-0.15, -0.1) is 0 Å². The Labute approximate surface area is 106 Å². The molecule has 2 aromatic heterocycles. The number of anilines is 1. The SMILES string of the molecule is CC(C)Cn1cc(-c2cnn(C)c2)cc(N)c1=O. The zero-order chi connectivity index (χ0) is 13.3. The van der Waals surface area contributed by atoms with Gasteiger partial charge in [0, 0.05) is 37.1 Å². The molecule has 2 N–H and O–H groups in total. The third kappa shape index (κ3) is 2.45. The second-order valence-corrected chi connectivity index (χ2v) is 4.94. The summed E-state index contributed by atoms with van der Waals surface area (Å²) in [6.07, 6.45) is 5.51. The number of rotatable bonds is 3. The summed E-state index contributed by atoms with van der Waals surface area (Å²) >= 11 is 0. The molecule has 0 bridgehead atoms. The molecule has 0 atom stereocenters. The molecule has 2 aromatic rings. The number of aromatic nitrogens is 3. The van der Waals surface area contributed by atoms with Crippen molar-refractivity contribution in [1.29, 1.82) is 0 Å². The van der Waals surface area contributed by atoms with Gasteiger partial charge in [0.05, 0.1) is 11.9 Å². The van der Waals surface area contributed by atoms with Crippen LogP contribution in [0.5, 0.6) is 0 Å². The highest BCUT2D eigenvalue weighted by Gasteiger charge is 2.08. The zero-order valence-corrected chi connectivity index (χ0v) is 10.9. The highest BCUT2D eigenvalue weighted by Crippen LogP contribution is 2.19. The molecule has 0 aromatic carbocycles. The highest BCUT2D eigenvalue weighted by atomic mass is 16.1. The van der Waals surface area contributed by atoms with Gasteiger partial charge in [-0.2, -0.15) is 5.10 Å². The standard InChI is InChI=1S/C13H18N4O/c1-9(2)6-17-8-10(4-12(14)13(17)18)11-5-15-16(3)7-11/h4-5,7-9H,6,14H2,1-3H3. The number of nitrogens with two attached hydrogens (primary N) is 1. The molecular formula is C13H18N4O. The molecule has 0 spiro atoms. The van der Waals surface area contributed by atoms with E-state index in [-0.39, 0.29) is 11.2 Å². The first kappa shape index (κ1) is 12.4.